The van der Waals surface area contributed by atoms with Crippen LogP contribution in [0, 0.1) is 0 Å². The molecule has 1 saturated heterocycles. The average molecular weight is 459 g/mol. The normalized spacial score (nSPS) is 14.6. The zero-order valence-corrected chi connectivity index (χ0v) is 18.8. The minimum atomic E-state index is -0.274. The lowest BCUT2D eigenvalue weighted by molar-refractivity contribution is -0.118. The van der Waals surface area contributed by atoms with E-state index in [0.717, 1.165) is 49.4 Å². The largest absolute Gasteiger partial charge is 0.482 e. The number of halogens is 2. The standard InChI is InChI=1S/C23H24Cl2N4O2/c1-2-28-9-11-29(12-10-28)22-8-3-16-13-18(5-6-20(16)27-22)26-23(30)15-31-21-7-4-17(24)14-19(21)25/h3-8,13-14H,2,9-12,15H2,1H3,(H,26,30). The van der Waals surface area contributed by atoms with Gasteiger partial charge in [0.2, 0.25) is 0 Å². The minimum absolute atomic E-state index is 0.152. The first-order valence-corrected chi connectivity index (χ1v) is 11.0. The number of benzene rings is 2. The lowest BCUT2D eigenvalue weighted by atomic mass is 10.2. The molecule has 2 heterocycles. The van der Waals surface area contributed by atoms with Gasteiger partial charge in [-0.05, 0) is 55.1 Å². The zero-order valence-electron chi connectivity index (χ0n) is 17.3. The number of amides is 1. The number of piperazine rings is 1. The summed E-state index contributed by atoms with van der Waals surface area (Å²) >= 11 is 11.9. The van der Waals surface area contributed by atoms with Crippen molar-refractivity contribution in [3.63, 3.8) is 0 Å². The van der Waals surface area contributed by atoms with Crippen LogP contribution in [0.1, 0.15) is 6.92 Å². The molecule has 0 saturated carbocycles. The summed E-state index contributed by atoms with van der Waals surface area (Å²) in [4.78, 5) is 21.8. The van der Waals surface area contributed by atoms with Crippen molar-refractivity contribution in [2.24, 2.45) is 0 Å². The van der Waals surface area contributed by atoms with Gasteiger partial charge in [-0.3, -0.25) is 4.79 Å². The number of likely N-dealkylation sites (N-methyl/N-ethyl adjacent to an activating group) is 1. The highest BCUT2D eigenvalue weighted by molar-refractivity contribution is 6.35. The number of pyridine rings is 1. The van der Waals surface area contributed by atoms with Gasteiger partial charge in [0.25, 0.3) is 5.91 Å². The van der Waals surface area contributed by atoms with Gasteiger partial charge in [0.05, 0.1) is 10.5 Å². The van der Waals surface area contributed by atoms with Gasteiger partial charge in [-0.15, -0.1) is 0 Å². The Labute approximate surface area is 191 Å². The Bertz CT molecular complexity index is 1080. The molecule has 1 amide bonds. The Hall–Kier alpha value is -2.54. The van der Waals surface area contributed by atoms with Gasteiger partial charge in [0, 0.05) is 42.3 Å². The van der Waals surface area contributed by atoms with E-state index in [9.17, 15) is 4.79 Å². The van der Waals surface area contributed by atoms with Crippen molar-refractivity contribution in [1.82, 2.24) is 9.88 Å². The van der Waals surface area contributed by atoms with Gasteiger partial charge in [-0.25, -0.2) is 4.98 Å². The SMILES string of the molecule is CCN1CCN(c2ccc3cc(NC(=O)COc4ccc(Cl)cc4Cl)ccc3n2)CC1. The van der Waals surface area contributed by atoms with Crippen LogP contribution in [0.3, 0.4) is 0 Å². The Morgan fingerprint density at radius 3 is 2.61 bits per heavy atom. The van der Waals surface area contributed by atoms with Crippen molar-refractivity contribution in [1.29, 1.82) is 0 Å². The molecule has 162 valence electrons. The van der Waals surface area contributed by atoms with Crippen molar-refractivity contribution in [3.8, 4) is 5.75 Å². The summed E-state index contributed by atoms with van der Waals surface area (Å²) in [5.41, 5.74) is 1.59. The Balaban J connectivity index is 1.38. The van der Waals surface area contributed by atoms with Gasteiger partial charge in [-0.2, -0.15) is 0 Å². The highest BCUT2D eigenvalue weighted by Gasteiger charge is 2.17. The first-order valence-electron chi connectivity index (χ1n) is 10.3. The van der Waals surface area contributed by atoms with E-state index >= 15 is 0 Å². The summed E-state index contributed by atoms with van der Waals surface area (Å²) in [6.07, 6.45) is 0. The van der Waals surface area contributed by atoms with Crippen LogP contribution >= 0.6 is 23.2 Å². The molecular weight excluding hydrogens is 435 g/mol. The topological polar surface area (TPSA) is 57.7 Å². The molecule has 4 rings (SSSR count). The van der Waals surface area contributed by atoms with Crippen molar-refractivity contribution in [2.45, 2.75) is 6.92 Å². The highest BCUT2D eigenvalue weighted by atomic mass is 35.5. The lowest BCUT2D eigenvalue weighted by Crippen LogP contribution is -2.46. The molecule has 8 heteroatoms. The van der Waals surface area contributed by atoms with Gasteiger partial charge < -0.3 is 19.9 Å². The number of nitrogens with one attached hydrogen (secondary N) is 1. The quantitative estimate of drug-likeness (QED) is 0.579. The first kappa shape index (κ1) is 21.7. The summed E-state index contributed by atoms with van der Waals surface area (Å²) in [7, 11) is 0. The molecule has 1 aliphatic rings. The van der Waals surface area contributed by atoms with E-state index in [4.69, 9.17) is 32.9 Å². The number of hydrogen-bond donors (Lipinski definition) is 1. The first-order chi connectivity index (χ1) is 15.0. The molecular formula is C23H24Cl2N4O2. The Morgan fingerprint density at radius 1 is 1.06 bits per heavy atom. The molecule has 1 fully saturated rings. The molecule has 0 unspecified atom stereocenters. The van der Waals surface area contributed by atoms with Crippen LogP contribution in [0.25, 0.3) is 10.9 Å². The summed E-state index contributed by atoms with van der Waals surface area (Å²) in [5.74, 6) is 1.13. The van der Waals surface area contributed by atoms with Crippen LogP contribution in [0.4, 0.5) is 11.5 Å². The molecule has 31 heavy (non-hydrogen) atoms. The van der Waals surface area contributed by atoms with E-state index in [0.29, 0.717) is 21.5 Å². The minimum Gasteiger partial charge on any atom is -0.482 e. The summed E-state index contributed by atoms with van der Waals surface area (Å²) in [6.45, 7) is 7.22. The summed E-state index contributed by atoms with van der Waals surface area (Å²) < 4.78 is 5.49. The third-order valence-electron chi connectivity index (χ3n) is 5.35. The number of aromatic nitrogens is 1. The smallest absolute Gasteiger partial charge is 0.262 e. The van der Waals surface area contributed by atoms with Crippen LogP contribution in [0.5, 0.6) is 5.75 Å². The average Bonchev–Trinajstić information content (AvgIpc) is 2.78. The molecule has 0 bridgehead atoms. The molecule has 0 spiro atoms. The van der Waals surface area contributed by atoms with Gasteiger partial charge in [0.1, 0.15) is 11.6 Å². The molecule has 6 nitrogen and oxygen atoms in total. The van der Waals surface area contributed by atoms with Crippen LogP contribution in [0.15, 0.2) is 48.5 Å². The highest BCUT2D eigenvalue weighted by Crippen LogP contribution is 2.27. The van der Waals surface area contributed by atoms with E-state index in [1.165, 1.54) is 0 Å². The number of ether oxygens (including phenoxy) is 1. The van der Waals surface area contributed by atoms with Crippen LogP contribution in [-0.4, -0.2) is 55.1 Å². The fourth-order valence-corrected chi connectivity index (χ4v) is 4.06. The molecule has 2 aromatic carbocycles. The molecule has 3 aromatic rings. The van der Waals surface area contributed by atoms with Gasteiger partial charge in [0.15, 0.2) is 6.61 Å². The fraction of sp³-hybridized carbons (Fsp3) is 0.304. The van der Waals surface area contributed by atoms with Crippen LogP contribution < -0.4 is 15.0 Å². The molecule has 1 aliphatic heterocycles. The van der Waals surface area contributed by atoms with E-state index < -0.39 is 0 Å². The zero-order chi connectivity index (χ0) is 21.8. The number of carbonyl (C=O) groups excluding carboxylic acids is 1. The number of anilines is 2. The third kappa shape index (κ3) is 5.39. The molecule has 0 aliphatic carbocycles. The van der Waals surface area contributed by atoms with Crippen molar-refractivity contribution < 1.29 is 9.53 Å². The van der Waals surface area contributed by atoms with Gasteiger partial charge >= 0.3 is 0 Å². The number of hydrogen-bond acceptors (Lipinski definition) is 5. The maximum absolute atomic E-state index is 12.3. The lowest BCUT2D eigenvalue weighted by Gasteiger charge is -2.34. The number of carbonyl (C=O) groups is 1. The molecule has 0 atom stereocenters. The van der Waals surface area contributed by atoms with Crippen molar-refractivity contribution in [3.05, 3.63) is 58.6 Å². The van der Waals surface area contributed by atoms with E-state index in [1.807, 2.05) is 30.3 Å². The number of rotatable bonds is 6. The number of fused-ring (bicyclic) bond motifs is 1. The molecule has 0 radical (unpaired) electrons. The van der Waals surface area contributed by atoms with Gasteiger partial charge in [-0.1, -0.05) is 30.1 Å². The predicted octanol–water partition coefficient (Wildman–Crippen LogP) is 4.70. The third-order valence-corrected chi connectivity index (χ3v) is 5.88. The van der Waals surface area contributed by atoms with Crippen LogP contribution in [-0.2, 0) is 4.79 Å². The van der Waals surface area contributed by atoms with Crippen LogP contribution in [0.2, 0.25) is 10.0 Å². The van der Waals surface area contributed by atoms with E-state index in [2.05, 4.69) is 22.0 Å². The Morgan fingerprint density at radius 2 is 1.87 bits per heavy atom. The second kappa shape index (κ2) is 9.73. The van der Waals surface area contributed by atoms with E-state index in [-0.39, 0.29) is 12.5 Å². The predicted molar refractivity (Wildman–Crippen MR) is 127 cm³/mol. The van der Waals surface area contributed by atoms with Crippen molar-refractivity contribution >= 4 is 51.5 Å². The monoisotopic (exact) mass is 458 g/mol. The Kier molecular flexibility index (Phi) is 6.80. The fourth-order valence-electron chi connectivity index (χ4n) is 3.59. The molecule has 1 aromatic heterocycles. The second-order valence-electron chi connectivity index (χ2n) is 7.41. The summed E-state index contributed by atoms with van der Waals surface area (Å²) in [5, 5.41) is 4.69. The van der Waals surface area contributed by atoms with E-state index in [1.54, 1.807) is 18.2 Å². The maximum Gasteiger partial charge on any atom is 0.262 e. The maximum atomic E-state index is 12.3. The number of nitrogens with zero attached hydrogens (tertiary/aromatic N) is 3. The summed E-state index contributed by atoms with van der Waals surface area (Å²) in [6, 6.07) is 14.6. The van der Waals surface area contributed by atoms with Crippen molar-refractivity contribution in [2.75, 3.05) is 49.5 Å². The second-order valence-corrected chi connectivity index (χ2v) is 8.25. The molecule has 1 N–H and O–H groups in total.